The molecular formula is C16H12Cl3NO3. The van der Waals surface area contributed by atoms with Crippen molar-refractivity contribution in [1.29, 1.82) is 0 Å². The molecule has 0 radical (unpaired) electrons. The van der Waals surface area contributed by atoms with Crippen molar-refractivity contribution in [3.8, 4) is 0 Å². The number of rotatable bonds is 4. The van der Waals surface area contributed by atoms with Crippen LogP contribution in [-0.2, 0) is 9.53 Å². The van der Waals surface area contributed by atoms with Crippen LogP contribution in [0.3, 0.4) is 0 Å². The van der Waals surface area contributed by atoms with Crippen LogP contribution < -0.4 is 5.32 Å². The van der Waals surface area contributed by atoms with Crippen molar-refractivity contribution in [3.05, 3.63) is 63.1 Å². The molecule has 0 saturated heterocycles. The van der Waals surface area contributed by atoms with Crippen molar-refractivity contribution in [3.63, 3.8) is 0 Å². The van der Waals surface area contributed by atoms with Gasteiger partial charge in [-0.15, -0.1) is 0 Å². The van der Waals surface area contributed by atoms with Crippen LogP contribution in [0.1, 0.15) is 17.3 Å². The van der Waals surface area contributed by atoms with Crippen molar-refractivity contribution in [2.24, 2.45) is 0 Å². The quantitative estimate of drug-likeness (QED) is 0.782. The lowest BCUT2D eigenvalue weighted by Gasteiger charge is -2.14. The third kappa shape index (κ3) is 5.13. The third-order valence-electron chi connectivity index (χ3n) is 2.86. The van der Waals surface area contributed by atoms with Crippen molar-refractivity contribution < 1.29 is 14.3 Å². The van der Waals surface area contributed by atoms with Crippen LogP contribution in [0.25, 0.3) is 0 Å². The fourth-order valence-electron chi connectivity index (χ4n) is 1.73. The SMILES string of the molecule is C[C@H](OC(=O)c1cc(Cl)cc(Cl)c1)C(=O)Nc1ccc(Cl)cc1. The molecule has 2 rings (SSSR count). The summed E-state index contributed by atoms with van der Waals surface area (Å²) in [5.74, 6) is -1.15. The number of esters is 1. The van der Waals surface area contributed by atoms with Crippen molar-refractivity contribution in [2.45, 2.75) is 13.0 Å². The van der Waals surface area contributed by atoms with Crippen molar-refractivity contribution in [1.82, 2.24) is 0 Å². The van der Waals surface area contributed by atoms with E-state index in [1.807, 2.05) is 0 Å². The first-order valence-electron chi connectivity index (χ1n) is 6.58. The van der Waals surface area contributed by atoms with Gasteiger partial charge in [0.25, 0.3) is 5.91 Å². The van der Waals surface area contributed by atoms with Gasteiger partial charge >= 0.3 is 5.97 Å². The van der Waals surface area contributed by atoms with Gasteiger partial charge in [-0.2, -0.15) is 0 Å². The van der Waals surface area contributed by atoms with E-state index >= 15 is 0 Å². The van der Waals surface area contributed by atoms with E-state index in [0.29, 0.717) is 20.8 Å². The Labute approximate surface area is 148 Å². The van der Waals surface area contributed by atoms with Gasteiger partial charge < -0.3 is 10.1 Å². The van der Waals surface area contributed by atoms with Gasteiger partial charge in [0, 0.05) is 20.8 Å². The van der Waals surface area contributed by atoms with Crippen LogP contribution in [0.5, 0.6) is 0 Å². The number of carbonyl (C=O) groups is 2. The smallest absolute Gasteiger partial charge is 0.339 e. The fraction of sp³-hybridized carbons (Fsp3) is 0.125. The monoisotopic (exact) mass is 371 g/mol. The zero-order chi connectivity index (χ0) is 17.0. The first kappa shape index (κ1) is 17.6. The van der Waals surface area contributed by atoms with Gasteiger partial charge in [-0.25, -0.2) is 4.79 Å². The van der Waals surface area contributed by atoms with Crippen LogP contribution in [0.2, 0.25) is 15.1 Å². The van der Waals surface area contributed by atoms with E-state index in [1.165, 1.54) is 25.1 Å². The van der Waals surface area contributed by atoms with Crippen LogP contribution in [0.4, 0.5) is 5.69 Å². The first-order valence-corrected chi connectivity index (χ1v) is 7.72. The molecule has 0 aliphatic carbocycles. The second-order valence-corrected chi connectivity index (χ2v) is 6.01. The minimum atomic E-state index is -0.990. The van der Waals surface area contributed by atoms with E-state index in [0.717, 1.165) is 0 Å². The number of nitrogens with one attached hydrogen (secondary N) is 1. The van der Waals surface area contributed by atoms with Gasteiger partial charge in [-0.3, -0.25) is 4.79 Å². The summed E-state index contributed by atoms with van der Waals surface area (Å²) in [5.41, 5.74) is 0.724. The highest BCUT2D eigenvalue weighted by Crippen LogP contribution is 2.20. The van der Waals surface area contributed by atoms with E-state index in [1.54, 1.807) is 24.3 Å². The summed E-state index contributed by atoms with van der Waals surface area (Å²) in [6.07, 6.45) is -0.990. The van der Waals surface area contributed by atoms with Crippen LogP contribution in [0, 0.1) is 0 Å². The number of ether oxygens (including phenoxy) is 1. The number of hydrogen-bond donors (Lipinski definition) is 1. The summed E-state index contributed by atoms with van der Waals surface area (Å²) >= 11 is 17.4. The molecule has 120 valence electrons. The summed E-state index contributed by atoms with van der Waals surface area (Å²) in [6, 6.07) is 10.9. The Hall–Kier alpha value is -1.75. The zero-order valence-electron chi connectivity index (χ0n) is 12.0. The third-order valence-corrected chi connectivity index (χ3v) is 3.55. The molecule has 0 bridgehead atoms. The molecular weight excluding hydrogens is 361 g/mol. The molecule has 23 heavy (non-hydrogen) atoms. The maximum Gasteiger partial charge on any atom is 0.339 e. The van der Waals surface area contributed by atoms with Crippen molar-refractivity contribution in [2.75, 3.05) is 5.32 Å². The number of carbonyl (C=O) groups excluding carboxylic acids is 2. The minimum Gasteiger partial charge on any atom is -0.449 e. The molecule has 4 nitrogen and oxygen atoms in total. The Kier molecular flexibility index (Phi) is 5.88. The average Bonchev–Trinajstić information content (AvgIpc) is 2.48. The molecule has 0 heterocycles. The average molecular weight is 373 g/mol. The molecule has 1 N–H and O–H groups in total. The first-order chi connectivity index (χ1) is 10.8. The number of anilines is 1. The Bertz CT molecular complexity index is 712. The lowest BCUT2D eigenvalue weighted by molar-refractivity contribution is -0.123. The molecule has 0 aliphatic heterocycles. The number of amides is 1. The minimum absolute atomic E-state index is 0.175. The van der Waals surface area contributed by atoms with Gasteiger partial charge in [-0.05, 0) is 49.4 Å². The van der Waals surface area contributed by atoms with E-state index in [-0.39, 0.29) is 5.56 Å². The molecule has 7 heteroatoms. The van der Waals surface area contributed by atoms with Gasteiger partial charge in [0.05, 0.1) is 5.56 Å². The van der Waals surface area contributed by atoms with Gasteiger partial charge in [0.1, 0.15) is 0 Å². The number of hydrogen-bond acceptors (Lipinski definition) is 3. The van der Waals surface area contributed by atoms with Gasteiger partial charge in [0.2, 0.25) is 0 Å². The Morgan fingerprint density at radius 3 is 2.09 bits per heavy atom. The molecule has 0 fully saturated rings. The molecule has 0 unspecified atom stereocenters. The van der Waals surface area contributed by atoms with Crippen LogP contribution >= 0.6 is 34.8 Å². The standard InChI is InChI=1S/C16H12Cl3NO3/c1-9(15(21)20-14-4-2-11(17)3-5-14)23-16(22)10-6-12(18)8-13(19)7-10/h2-9H,1H3,(H,20,21)/t9-/m0/s1. The highest BCUT2D eigenvalue weighted by molar-refractivity contribution is 6.35. The molecule has 1 amide bonds. The molecule has 0 aliphatic rings. The highest BCUT2D eigenvalue weighted by Gasteiger charge is 2.19. The maximum atomic E-state index is 12.0. The second-order valence-electron chi connectivity index (χ2n) is 4.70. The van der Waals surface area contributed by atoms with Crippen LogP contribution in [0.15, 0.2) is 42.5 Å². The molecule has 0 saturated carbocycles. The predicted molar refractivity (Wildman–Crippen MR) is 91.4 cm³/mol. The molecule has 1 atom stereocenters. The van der Waals surface area contributed by atoms with E-state index in [9.17, 15) is 9.59 Å². The van der Waals surface area contributed by atoms with E-state index < -0.39 is 18.0 Å². The summed E-state index contributed by atoms with van der Waals surface area (Å²) in [6.45, 7) is 1.47. The number of benzene rings is 2. The Morgan fingerprint density at radius 1 is 0.957 bits per heavy atom. The normalized spacial score (nSPS) is 11.7. The maximum absolute atomic E-state index is 12.0. The Balaban J connectivity index is 1.99. The van der Waals surface area contributed by atoms with E-state index in [4.69, 9.17) is 39.5 Å². The zero-order valence-corrected chi connectivity index (χ0v) is 14.2. The molecule has 0 spiro atoms. The summed E-state index contributed by atoms with van der Waals surface area (Å²) in [7, 11) is 0. The Morgan fingerprint density at radius 2 is 1.52 bits per heavy atom. The summed E-state index contributed by atoms with van der Waals surface area (Å²) in [4.78, 5) is 24.0. The highest BCUT2D eigenvalue weighted by atomic mass is 35.5. The number of halogens is 3. The van der Waals surface area contributed by atoms with Gasteiger partial charge in [-0.1, -0.05) is 34.8 Å². The molecule has 2 aromatic carbocycles. The topological polar surface area (TPSA) is 55.4 Å². The summed E-state index contributed by atoms with van der Waals surface area (Å²) < 4.78 is 5.11. The second kappa shape index (κ2) is 7.68. The summed E-state index contributed by atoms with van der Waals surface area (Å²) in [5, 5.41) is 3.79. The van der Waals surface area contributed by atoms with Crippen LogP contribution in [-0.4, -0.2) is 18.0 Å². The predicted octanol–water partition coefficient (Wildman–Crippen LogP) is 4.83. The lowest BCUT2D eigenvalue weighted by Crippen LogP contribution is -2.30. The molecule has 2 aromatic rings. The fourth-order valence-corrected chi connectivity index (χ4v) is 2.38. The molecule has 0 aromatic heterocycles. The van der Waals surface area contributed by atoms with E-state index in [2.05, 4.69) is 5.32 Å². The van der Waals surface area contributed by atoms with Gasteiger partial charge in [0.15, 0.2) is 6.10 Å². The van der Waals surface area contributed by atoms with Crippen molar-refractivity contribution >= 4 is 52.4 Å². The largest absolute Gasteiger partial charge is 0.449 e. The lowest BCUT2D eigenvalue weighted by atomic mass is 10.2.